The zero-order valence-corrected chi connectivity index (χ0v) is 14.6. The minimum Gasteiger partial charge on any atom is -0.347 e. The van der Waals surface area contributed by atoms with Crippen molar-refractivity contribution in [3.05, 3.63) is 58.1 Å². The predicted octanol–water partition coefficient (Wildman–Crippen LogP) is 4.98. The molecule has 132 valence electrons. The van der Waals surface area contributed by atoms with Gasteiger partial charge in [0.2, 0.25) is 0 Å². The number of alkyl halides is 3. The molecular weight excluding hydrogens is 349 g/mol. The summed E-state index contributed by atoms with van der Waals surface area (Å²) in [4.78, 5) is 13.7. The number of fused-ring (bicyclic) bond motifs is 1. The summed E-state index contributed by atoms with van der Waals surface area (Å²) in [6.45, 7) is 4.66. The average molecular weight is 366 g/mol. The van der Waals surface area contributed by atoms with Gasteiger partial charge in [-0.2, -0.15) is 13.2 Å². The molecule has 3 rings (SSSR count). The molecule has 2 heterocycles. The lowest BCUT2D eigenvalue weighted by Gasteiger charge is -2.11. The van der Waals surface area contributed by atoms with Crippen LogP contribution in [-0.2, 0) is 19.3 Å². The van der Waals surface area contributed by atoms with Crippen molar-refractivity contribution < 1.29 is 18.0 Å². The average Bonchev–Trinajstić information content (AvgIpc) is 3.07. The molecule has 0 unspecified atom stereocenters. The van der Waals surface area contributed by atoms with Crippen LogP contribution in [0, 0.1) is 6.92 Å². The van der Waals surface area contributed by atoms with Crippen LogP contribution in [0.5, 0.6) is 0 Å². The van der Waals surface area contributed by atoms with Crippen LogP contribution < -0.4 is 5.32 Å². The molecule has 0 saturated heterocycles. The Morgan fingerprint density at radius 1 is 1.24 bits per heavy atom. The van der Waals surface area contributed by atoms with Crippen molar-refractivity contribution >= 4 is 27.5 Å². The van der Waals surface area contributed by atoms with Gasteiger partial charge in [0.15, 0.2) is 0 Å². The number of thiophene rings is 1. The fourth-order valence-electron chi connectivity index (χ4n) is 2.82. The van der Waals surface area contributed by atoms with Crippen molar-refractivity contribution in [3.63, 3.8) is 0 Å². The highest BCUT2D eigenvalue weighted by Crippen LogP contribution is 2.30. The molecule has 0 aliphatic heterocycles. The Hall–Kier alpha value is -2.28. The zero-order chi connectivity index (χ0) is 18.2. The fraction of sp³-hybridized carbons (Fsp3) is 0.278. The monoisotopic (exact) mass is 366 g/mol. The van der Waals surface area contributed by atoms with Gasteiger partial charge >= 0.3 is 6.18 Å². The Balaban J connectivity index is 1.78. The smallest absolute Gasteiger partial charge is 0.347 e. The molecule has 1 N–H and O–H groups in total. The van der Waals surface area contributed by atoms with Crippen molar-refractivity contribution in [2.75, 3.05) is 0 Å². The van der Waals surface area contributed by atoms with Crippen molar-refractivity contribution in [1.29, 1.82) is 0 Å². The Bertz CT molecular complexity index is 924. The molecule has 0 aliphatic carbocycles. The van der Waals surface area contributed by atoms with Crippen LogP contribution in [0.1, 0.15) is 33.4 Å². The molecule has 0 spiro atoms. The number of rotatable bonds is 4. The Morgan fingerprint density at radius 3 is 2.68 bits per heavy atom. The number of carbonyl (C=O) groups is 1. The lowest BCUT2D eigenvalue weighted by atomic mass is 10.1. The number of carbonyl (C=O) groups excluding carboxylic acids is 1. The van der Waals surface area contributed by atoms with E-state index in [-0.39, 0.29) is 12.5 Å². The second-order valence-corrected chi connectivity index (χ2v) is 7.05. The molecule has 0 radical (unpaired) electrons. The molecule has 3 aromatic rings. The molecule has 0 atom stereocenters. The van der Waals surface area contributed by atoms with E-state index in [4.69, 9.17) is 0 Å². The highest BCUT2D eigenvalue weighted by atomic mass is 32.1. The summed E-state index contributed by atoms with van der Waals surface area (Å²) in [6.07, 6.45) is -4.39. The Labute approximate surface area is 147 Å². The normalized spacial score (nSPS) is 11.9. The fourth-order valence-corrected chi connectivity index (χ4v) is 3.79. The van der Waals surface area contributed by atoms with Gasteiger partial charge < -0.3 is 9.88 Å². The van der Waals surface area contributed by atoms with Gasteiger partial charge in [0, 0.05) is 18.0 Å². The number of nitrogens with one attached hydrogen (secondary N) is 1. The third kappa shape index (κ3) is 3.56. The summed E-state index contributed by atoms with van der Waals surface area (Å²) < 4.78 is 41.2. The van der Waals surface area contributed by atoms with Crippen molar-refractivity contribution in [1.82, 2.24) is 9.88 Å². The lowest BCUT2D eigenvalue weighted by molar-refractivity contribution is -0.137. The maximum Gasteiger partial charge on any atom is 0.416 e. The van der Waals surface area contributed by atoms with Crippen LogP contribution in [0.15, 0.2) is 36.4 Å². The van der Waals surface area contributed by atoms with E-state index in [0.29, 0.717) is 17.8 Å². The quantitative estimate of drug-likeness (QED) is 0.694. The number of aromatic nitrogens is 1. The van der Waals surface area contributed by atoms with Crippen LogP contribution in [0.25, 0.3) is 10.2 Å². The minimum absolute atomic E-state index is 0.0460. The maximum atomic E-state index is 12.8. The van der Waals surface area contributed by atoms with Crippen LogP contribution in [-0.4, -0.2) is 10.5 Å². The van der Waals surface area contributed by atoms with Crippen LogP contribution in [0.2, 0.25) is 0 Å². The highest BCUT2D eigenvalue weighted by Gasteiger charge is 2.30. The summed E-state index contributed by atoms with van der Waals surface area (Å²) >= 11 is 1.61. The van der Waals surface area contributed by atoms with E-state index in [0.717, 1.165) is 22.3 Å². The first-order valence-electron chi connectivity index (χ1n) is 7.83. The van der Waals surface area contributed by atoms with Crippen LogP contribution in [0.4, 0.5) is 13.2 Å². The summed E-state index contributed by atoms with van der Waals surface area (Å²) in [5.41, 5.74) is 1.23. The third-order valence-corrected chi connectivity index (χ3v) is 4.96. The van der Waals surface area contributed by atoms with Crippen LogP contribution >= 0.6 is 11.3 Å². The minimum atomic E-state index is -4.39. The molecule has 1 amide bonds. The van der Waals surface area contributed by atoms with Gasteiger partial charge in [-0.3, -0.25) is 4.79 Å². The molecule has 7 heteroatoms. The maximum absolute atomic E-state index is 12.8. The van der Waals surface area contributed by atoms with Gasteiger partial charge in [-0.1, -0.05) is 12.1 Å². The topological polar surface area (TPSA) is 34.0 Å². The largest absolute Gasteiger partial charge is 0.416 e. The zero-order valence-electron chi connectivity index (χ0n) is 13.8. The first-order valence-corrected chi connectivity index (χ1v) is 8.65. The van der Waals surface area contributed by atoms with Crippen molar-refractivity contribution in [3.8, 4) is 0 Å². The van der Waals surface area contributed by atoms with Gasteiger partial charge in [-0.25, -0.2) is 0 Å². The van der Waals surface area contributed by atoms with Gasteiger partial charge in [-0.15, -0.1) is 11.3 Å². The van der Waals surface area contributed by atoms with Gasteiger partial charge in [0.25, 0.3) is 5.91 Å². The summed E-state index contributed by atoms with van der Waals surface area (Å²) in [5.74, 6) is -0.291. The molecule has 3 nitrogen and oxygen atoms in total. The number of amides is 1. The number of benzene rings is 1. The van der Waals surface area contributed by atoms with Crippen molar-refractivity contribution in [2.45, 2.75) is 33.1 Å². The summed E-state index contributed by atoms with van der Waals surface area (Å²) in [6, 6.07) is 8.85. The first-order chi connectivity index (χ1) is 11.8. The third-order valence-electron chi connectivity index (χ3n) is 3.97. The molecule has 0 bridgehead atoms. The number of aryl methyl sites for hydroxylation is 2. The van der Waals surface area contributed by atoms with E-state index in [9.17, 15) is 18.0 Å². The second-order valence-electron chi connectivity index (χ2n) is 5.76. The number of nitrogens with zero attached hydrogens (tertiary/aromatic N) is 1. The predicted molar refractivity (Wildman–Crippen MR) is 92.8 cm³/mol. The molecule has 0 aliphatic rings. The lowest BCUT2D eigenvalue weighted by Crippen LogP contribution is -2.25. The Morgan fingerprint density at radius 2 is 2.00 bits per heavy atom. The SMILES string of the molecule is CCn1c(C(=O)NCc2cccc(C(F)(F)F)c2)cc2sc(C)cc21. The van der Waals surface area contributed by atoms with Gasteiger partial charge in [0.1, 0.15) is 5.69 Å². The molecule has 0 fully saturated rings. The first kappa shape index (κ1) is 17.5. The second kappa shape index (κ2) is 6.55. The molecule has 25 heavy (non-hydrogen) atoms. The van der Waals surface area contributed by atoms with E-state index < -0.39 is 11.7 Å². The van der Waals surface area contributed by atoms with Crippen molar-refractivity contribution in [2.24, 2.45) is 0 Å². The summed E-state index contributed by atoms with van der Waals surface area (Å²) in [5, 5.41) is 2.71. The van der Waals surface area contributed by atoms with E-state index in [1.807, 2.05) is 30.5 Å². The standard InChI is InChI=1S/C18H17F3N2OS/c1-3-23-14-7-11(2)25-16(14)9-15(23)17(24)22-10-12-5-4-6-13(8-12)18(19,20)21/h4-9H,3,10H2,1-2H3,(H,22,24). The number of hydrogen-bond donors (Lipinski definition) is 1. The van der Waals surface area contributed by atoms with E-state index in [2.05, 4.69) is 5.32 Å². The van der Waals surface area contributed by atoms with Gasteiger partial charge in [0.05, 0.1) is 15.8 Å². The number of hydrogen-bond acceptors (Lipinski definition) is 2. The highest BCUT2D eigenvalue weighted by molar-refractivity contribution is 7.19. The summed E-state index contributed by atoms with van der Waals surface area (Å²) in [7, 11) is 0. The van der Waals surface area contributed by atoms with Crippen LogP contribution in [0.3, 0.4) is 0 Å². The molecule has 2 aromatic heterocycles. The van der Waals surface area contributed by atoms with E-state index in [1.165, 1.54) is 10.9 Å². The number of halogens is 3. The van der Waals surface area contributed by atoms with E-state index >= 15 is 0 Å². The van der Waals surface area contributed by atoms with Gasteiger partial charge in [-0.05, 0) is 43.7 Å². The Kier molecular flexibility index (Phi) is 4.60. The molecule has 0 saturated carbocycles. The molecule has 1 aromatic carbocycles. The van der Waals surface area contributed by atoms with E-state index in [1.54, 1.807) is 17.4 Å². The molecular formula is C18H17F3N2OS.